The van der Waals surface area contributed by atoms with Crippen molar-refractivity contribution in [3.63, 3.8) is 0 Å². The summed E-state index contributed by atoms with van der Waals surface area (Å²) in [6.07, 6.45) is 4.75. The van der Waals surface area contributed by atoms with Gasteiger partial charge in [0.2, 0.25) is 5.95 Å². The first-order valence-corrected chi connectivity index (χ1v) is 8.51. The van der Waals surface area contributed by atoms with Gasteiger partial charge in [0.05, 0.1) is 23.8 Å². The highest BCUT2D eigenvalue weighted by molar-refractivity contribution is 6.32. The molecule has 0 spiro atoms. The lowest BCUT2D eigenvalue weighted by atomic mass is 10.2. The van der Waals surface area contributed by atoms with E-state index in [1.807, 2.05) is 0 Å². The van der Waals surface area contributed by atoms with E-state index in [-0.39, 0.29) is 28.4 Å². The Morgan fingerprint density at radius 1 is 1.25 bits per heavy atom. The van der Waals surface area contributed by atoms with Gasteiger partial charge in [-0.2, -0.15) is 10.1 Å². The van der Waals surface area contributed by atoms with Crippen LogP contribution in [0.2, 0.25) is 5.02 Å². The van der Waals surface area contributed by atoms with E-state index in [0.717, 1.165) is 0 Å². The maximum atomic E-state index is 14.2. The van der Waals surface area contributed by atoms with Gasteiger partial charge in [0.1, 0.15) is 10.8 Å². The number of hydrogen-bond donors (Lipinski definition) is 3. The second-order valence-electron chi connectivity index (χ2n) is 5.97. The topological polar surface area (TPSA) is 96.8 Å². The normalized spacial score (nSPS) is 10.4. The molecule has 2 aromatic heterocycles. The van der Waals surface area contributed by atoms with Crippen molar-refractivity contribution in [3.8, 4) is 0 Å². The molecule has 3 aromatic rings. The van der Waals surface area contributed by atoms with Gasteiger partial charge in [-0.25, -0.2) is 9.37 Å². The van der Waals surface area contributed by atoms with E-state index in [0.29, 0.717) is 16.9 Å². The van der Waals surface area contributed by atoms with Crippen molar-refractivity contribution < 1.29 is 9.18 Å². The summed E-state index contributed by atoms with van der Waals surface area (Å²) in [6.45, 7) is 5.15. The van der Waals surface area contributed by atoms with Crippen LogP contribution >= 0.6 is 11.6 Å². The van der Waals surface area contributed by atoms with Gasteiger partial charge in [0.15, 0.2) is 5.82 Å². The molecule has 0 fully saturated rings. The summed E-state index contributed by atoms with van der Waals surface area (Å²) >= 11 is 6.14. The number of carbonyl (C=O) groups is 1. The monoisotopic (exact) mass is 401 g/mol. The summed E-state index contributed by atoms with van der Waals surface area (Å²) in [7, 11) is 1.78. The van der Waals surface area contributed by atoms with E-state index in [9.17, 15) is 9.18 Å². The van der Waals surface area contributed by atoms with Crippen molar-refractivity contribution in [1.29, 1.82) is 0 Å². The summed E-state index contributed by atoms with van der Waals surface area (Å²) in [5, 5.41) is 12.7. The fraction of sp³-hybridized carbons (Fsp3) is 0.111. The zero-order valence-electron chi connectivity index (χ0n) is 15.1. The first-order valence-electron chi connectivity index (χ1n) is 8.13. The molecule has 3 N–H and O–H groups in total. The van der Waals surface area contributed by atoms with E-state index >= 15 is 0 Å². The number of aromatic nitrogens is 4. The van der Waals surface area contributed by atoms with Crippen molar-refractivity contribution in [2.75, 3.05) is 16.0 Å². The van der Waals surface area contributed by atoms with Crippen LogP contribution in [0.4, 0.5) is 33.2 Å². The Kier molecular flexibility index (Phi) is 5.55. The molecule has 0 radical (unpaired) electrons. The van der Waals surface area contributed by atoms with Gasteiger partial charge in [0, 0.05) is 24.5 Å². The van der Waals surface area contributed by atoms with Crippen LogP contribution in [0.3, 0.4) is 0 Å². The average molecular weight is 402 g/mol. The minimum absolute atomic E-state index is 0.0902. The molecule has 28 heavy (non-hydrogen) atoms. The smallest absolute Gasteiger partial charge is 0.250 e. The van der Waals surface area contributed by atoms with Gasteiger partial charge in [-0.05, 0) is 25.1 Å². The van der Waals surface area contributed by atoms with Gasteiger partial charge in [-0.15, -0.1) is 0 Å². The van der Waals surface area contributed by atoms with Crippen molar-refractivity contribution in [3.05, 3.63) is 59.8 Å². The Balaban J connectivity index is 1.83. The number of halogens is 2. The Hall–Kier alpha value is -3.46. The number of carbonyl (C=O) groups excluding carboxylic acids is 1. The third kappa shape index (κ3) is 4.63. The number of amides is 1. The van der Waals surface area contributed by atoms with Crippen LogP contribution in [0, 0.1) is 5.82 Å². The van der Waals surface area contributed by atoms with Crippen LogP contribution in [-0.2, 0) is 11.8 Å². The number of rotatable bonds is 6. The standard InChI is InChI=1S/C18H17ClFN7O/c1-10(2)17(28)23-11-4-5-14(20)15(6-11)25-16-13(19)8-21-18(26-16)24-12-7-22-27(3)9-12/h4-9H,1H2,2-3H3,(H,23,28)(H2,21,24,25,26). The van der Waals surface area contributed by atoms with E-state index in [1.54, 1.807) is 31.0 Å². The minimum atomic E-state index is -0.537. The van der Waals surface area contributed by atoms with Gasteiger partial charge >= 0.3 is 0 Å². The Morgan fingerprint density at radius 3 is 2.71 bits per heavy atom. The highest BCUT2D eigenvalue weighted by Gasteiger charge is 2.11. The second kappa shape index (κ2) is 8.05. The lowest BCUT2D eigenvalue weighted by molar-refractivity contribution is -0.112. The lowest BCUT2D eigenvalue weighted by Crippen LogP contribution is -2.12. The number of nitrogens with one attached hydrogen (secondary N) is 3. The highest BCUT2D eigenvalue weighted by Crippen LogP contribution is 2.28. The molecular formula is C18H17ClFN7O. The first kappa shape index (κ1) is 19.3. The molecule has 2 heterocycles. The van der Waals surface area contributed by atoms with Gasteiger partial charge in [-0.3, -0.25) is 9.48 Å². The summed E-state index contributed by atoms with van der Waals surface area (Å²) in [4.78, 5) is 20.1. The zero-order chi connectivity index (χ0) is 20.3. The van der Waals surface area contributed by atoms with Gasteiger partial charge in [-0.1, -0.05) is 18.2 Å². The van der Waals surface area contributed by atoms with E-state index < -0.39 is 5.82 Å². The fourth-order valence-corrected chi connectivity index (χ4v) is 2.33. The molecule has 0 unspecified atom stereocenters. The first-order chi connectivity index (χ1) is 13.3. The minimum Gasteiger partial charge on any atom is -0.336 e. The number of aryl methyl sites for hydroxylation is 1. The molecule has 0 saturated heterocycles. The highest BCUT2D eigenvalue weighted by atomic mass is 35.5. The largest absolute Gasteiger partial charge is 0.336 e. The van der Waals surface area contributed by atoms with E-state index in [1.165, 1.54) is 24.4 Å². The van der Waals surface area contributed by atoms with Crippen molar-refractivity contribution in [1.82, 2.24) is 19.7 Å². The molecule has 3 rings (SSSR count). The fourth-order valence-electron chi connectivity index (χ4n) is 2.19. The van der Waals surface area contributed by atoms with Crippen molar-refractivity contribution >= 4 is 46.3 Å². The quantitative estimate of drug-likeness (QED) is 0.540. The molecule has 1 amide bonds. The molecule has 144 valence electrons. The van der Waals surface area contributed by atoms with E-state index in [4.69, 9.17) is 11.6 Å². The van der Waals surface area contributed by atoms with Crippen molar-refractivity contribution in [2.24, 2.45) is 7.05 Å². The zero-order valence-corrected chi connectivity index (χ0v) is 15.9. The van der Waals surface area contributed by atoms with Crippen LogP contribution in [-0.4, -0.2) is 25.7 Å². The molecule has 0 aliphatic heterocycles. The summed E-state index contributed by atoms with van der Waals surface area (Å²) < 4.78 is 15.8. The summed E-state index contributed by atoms with van der Waals surface area (Å²) in [5.41, 5.74) is 1.51. The maximum Gasteiger partial charge on any atom is 0.250 e. The average Bonchev–Trinajstić information content (AvgIpc) is 3.05. The van der Waals surface area contributed by atoms with Gasteiger partial charge in [0.25, 0.3) is 5.91 Å². The van der Waals surface area contributed by atoms with Crippen LogP contribution in [0.5, 0.6) is 0 Å². The predicted molar refractivity (Wildman–Crippen MR) is 107 cm³/mol. The number of nitrogens with zero attached hydrogens (tertiary/aromatic N) is 4. The SMILES string of the molecule is C=C(C)C(=O)Nc1ccc(F)c(Nc2nc(Nc3cnn(C)c3)ncc2Cl)c1. The number of benzene rings is 1. The second-order valence-corrected chi connectivity index (χ2v) is 6.38. The number of hydrogen-bond acceptors (Lipinski definition) is 6. The van der Waals surface area contributed by atoms with Crippen LogP contribution < -0.4 is 16.0 Å². The molecule has 10 heteroatoms. The molecule has 0 aliphatic carbocycles. The van der Waals surface area contributed by atoms with Crippen LogP contribution in [0.15, 0.2) is 48.9 Å². The third-order valence-electron chi connectivity index (χ3n) is 3.57. The lowest BCUT2D eigenvalue weighted by Gasteiger charge is -2.12. The maximum absolute atomic E-state index is 14.2. The molecule has 0 aliphatic rings. The molecule has 0 saturated carbocycles. The summed E-state index contributed by atoms with van der Waals surface area (Å²) in [5.74, 6) is -0.442. The van der Waals surface area contributed by atoms with Crippen LogP contribution in [0.1, 0.15) is 6.92 Å². The molecular weight excluding hydrogens is 385 g/mol. The molecule has 8 nitrogen and oxygen atoms in total. The molecule has 0 atom stereocenters. The Labute approximate surface area is 165 Å². The van der Waals surface area contributed by atoms with E-state index in [2.05, 4.69) is 37.6 Å². The third-order valence-corrected chi connectivity index (χ3v) is 3.85. The van der Waals surface area contributed by atoms with Gasteiger partial charge < -0.3 is 16.0 Å². The number of anilines is 5. The van der Waals surface area contributed by atoms with Crippen LogP contribution in [0.25, 0.3) is 0 Å². The Bertz CT molecular complexity index is 1050. The molecule has 1 aromatic carbocycles. The predicted octanol–water partition coefficient (Wildman–Crippen LogP) is 4.00. The Morgan fingerprint density at radius 2 is 2.04 bits per heavy atom. The molecule has 0 bridgehead atoms. The van der Waals surface area contributed by atoms with Crippen molar-refractivity contribution in [2.45, 2.75) is 6.92 Å². The summed E-state index contributed by atoms with van der Waals surface area (Å²) in [6, 6.07) is 4.10.